The standard InChI is InChI=1S/C48H29N5O/c1-2-13-31(14-3-1)46-50-47(52-48(51-46)33-15-12-16-34(29-33)53-40-22-9-5-17-35(40)36-18-6-10-23-41(36)53)32-27-25-30(26-28-32)44-45-43(37-19-4-8-21-39(37)49-44)38-20-7-11-24-42(38)54-45/h1-29H. The van der Waals surface area contributed by atoms with Gasteiger partial charge in [-0.3, -0.25) is 0 Å². The second kappa shape index (κ2) is 12.1. The zero-order chi connectivity index (χ0) is 35.6. The summed E-state index contributed by atoms with van der Waals surface area (Å²) in [5.41, 5.74) is 10.3. The van der Waals surface area contributed by atoms with Gasteiger partial charge in [-0.1, -0.05) is 140 Å². The number of pyridine rings is 1. The molecule has 0 aliphatic heterocycles. The summed E-state index contributed by atoms with van der Waals surface area (Å²) in [6.45, 7) is 0. The molecule has 0 aliphatic rings. The number of rotatable bonds is 5. The van der Waals surface area contributed by atoms with Crippen molar-refractivity contribution < 1.29 is 4.42 Å². The Morgan fingerprint density at radius 3 is 1.65 bits per heavy atom. The summed E-state index contributed by atoms with van der Waals surface area (Å²) in [4.78, 5) is 20.3. The lowest BCUT2D eigenvalue weighted by atomic mass is 10.0. The Balaban J connectivity index is 1.05. The lowest BCUT2D eigenvalue weighted by Crippen LogP contribution is -2.01. The first-order valence-electron chi connectivity index (χ1n) is 18.0. The minimum absolute atomic E-state index is 0.591. The maximum absolute atomic E-state index is 6.48. The molecule has 0 fully saturated rings. The largest absolute Gasteiger partial charge is 0.454 e. The molecule has 0 saturated carbocycles. The van der Waals surface area contributed by atoms with E-state index in [0.717, 1.165) is 77.5 Å². The third kappa shape index (κ3) is 4.81. The van der Waals surface area contributed by atoms with Crippen LogP contribution < -0.4 is 0 Å². The van der Waals surface area contributed by atoms with Crippen molar-refractivity contribution in [1.29, 1.82) is 0 Å². The third-order valence-electron chi connectivity index (χ3n) is 10.2. The Kier molecular flexibility index (Phi) is 6.75. The fourth-order valence-corrected chi connectivity index (χ4v) is 7.74. The van der Waals surface area contributed by atoms with E-state index in [2.05, 4.69) is 120 Å². The molecule has 6 heteroatoms. The van der Waals surface area contributed by atoms with Gasteiger partial charge in [0.25, 0.3) is 0 Å². The molecule has 11 rings (SSSR count). The number of nitrogens with zero attached hydrogens (tertiary/aromatic N) is 5. The molecule has 0 bridgehead atoms. The van der Waals surface area contributed by atoms with E-state index in [9.17, 15) is 0 Å². The number of benzene rings is 7. The molecule has 0 N–H and O–H groups in total. The summed E-state index contributed by atoms with van der Waals surface area (Å²) in [6, 6.07) is 60.3. The molecule has 0 aliphatic carbocycles. The third-order valence-corrected chi connectivity index (χ3v) is 10.2. The molecule has 4 aromatic heterocycles. The monoisotopic (exact) mass is 691 g/mol. The summed E-state index contributed by atoms with van der Waals surface area (Å²) < 4.78 is 8.79. The normalized spacial score (nSPS) is 11.7. The zero-order valence-corrected chi connectivity index (χ0v) is 28.9. The molecule has 0 spiro atoms. The second-order valence-corrected chi connectivity index (χ2v) is 13.4. The highest BCUT2D eigenvalue weighted by Gasteiger charge is 2.19. The predicted molar refractivity (Wildman–Crippen MR) is 218 cm³/mol. The van der Waals surface area contributed by atoms with Crippen molar-refractivity contribution in [3.63, 3.8) is 0 Å². The first-order valence-corrected chi connectivity index (χ1v) is 18.0. The molecule has 7 aromatic carbocycles. The van der Waals surface area contributed by atoms with Gasteiger partial charge in [0.05, 0.1) is 16.6 Å². The molecule has 6 nitrogen and oxygen atoms in total. The SMILES string of the molecule is c1ccc(-c2nc(-c3ccc(-c4nc5ccccc5c5c4oc4ccccc45)cc3)nc(-c3cccc(-n4c5ccccc5c5ccccc54)c3)n2)cc1. The van der Waals surface area contributed by atoms with E-state index in [-0.39, 0.29) is 0 Å². The molecule has 252 valence electrons. The van der Waals surface area contributed by atoms with Gasteiger partial charge in [-0.2, -0.15) is 0 Å². The molecule has 4 heterocycles. The number of fused-ring (bicyclic) bond motifs is 8. The quantitative estimate of drug-likeness (QED) is 0.180. The van der Waals surface area contributed by atoms with E-state index in [1.54, 1.807) is 0 Å². The topological polar surface area (TPSA) is 69.6 Å². The van der Waals surface area contributed by atoms with Crippen LogP contribution in [0.2, 0.25) is 0 Å². The first kappa shape index (κ1) is 30.2. The number of hydrogen-bond acceptors (Lipinski definition) is 5. The summed E-state index contributed by atoms with van der Waals surface area (Å²) in [6.07, 6.45) is 0. The van der Waals surface area contributed by atoms with E-state index >= 15 is 0 Å². The Hall–Kier alpha value is -7.44. The smallest absolute Gasteiger partial charge is 0.164 e. The molecular weight excluding hydrogens is 663 g/mol. The highest BCUT2D eigenvalue weighted by atomic mass is 16.3. The van der Waals surface area contributed by atoms with E-state index in [0.29, 0.717) is 17.5 Å². The van der Waals surface area contributed by atoms with Crippen LogP contribution in [0, 0.1) is 0 Å². The van der Waals surface area contributed by atoms with Crippen LogP contribution in [0.3, 0.4) is 0 Å². The molecular formula is C48H29N5O. The van der Waals surface area contributed by atoms with Gasteiger partial charge in [0.15, 0.2) is 23.1 Å². The van der Waals surface area contributed by atoms with Crippen molar-refractivity contribution >= 4 is 54.6 Å². The number of hydrogen-bond donors (Lipinski definition) is 0. The van der Waals surface area contributed by atoms with Crippen LogP contribution in [0.25, 0.3) is 106 Å². The minimum Gasteiger partial charge on any atom is -0.454 e. The van der Waals surface area contributed by atoms with Crippen LogP contribution >= 0.6 is 0 Å². The Morgan fingerprint density at radius 1 is 0.389 bits per heavy atom. The van der Waals surface area contributed by atoms with Crippen LogP contribution in [0.4, 0.5) is 0 Å². The van der Waals surface area contributed by atoms with E-state index in [1.165, 1.54) is 10.8 Å². The Bertz CT molecular complexity index is 3160. The minimum atomic E-state index is 0.591. The van der Waals surface area contributed by atoms with Gasteiger partial charge in [-0.05, 0) is 36.4 Å². The van der Waals surface area contributed by atoms with Gasteiger partial charge >= 0.3 is 0 Å². The molecule has 54 heavy (non-hydrogen) atoms. The average Bonchev–Trinajstić information content (AvgIpc) is 3.81. The van der Waals surface area contributed by atoms with E-state index < -0.39 is 0 Å². The molecule has 0 amide bonds. The lowest BCUT2D eigenvalue weighted by Gasteiger charge is -2.12. The first-order chi connectivity index (χ1) is 26.8. The second-order valence-electron chi connectivity index (χ2n) is 13.4. The summed E-state index contributed by atoms with van der Waals surface area (Å²) >= 11 is 0. The van der Waals surface area contributed by atoms with Gasteiger partial charge in [-0.15, -0.1) is 0 Å². The summed E-state index contributed by atoms with van der Waals surface area (Å²) in [5, 5.41) is 5.67. The maximum atomic E-state index is 6.48. The highest BCUT2D eigenvalue weighted by molar-refractivity contribution is 6.20. The van der Waals surface area contributed by atoms with Crippen molar-refractivity contribution in [3.05, 3.63) is 176 Å². The lowest BCUT2D eigenvalue weighted by molar-refractivity contribution is 0.669. The van der Waals surface area contributed by atoms with Crippen molar-refractivity contribution in [1.82, 2.24) is 24.5 Å². The Labute approximate surface area is 309 Å². The molecule has 0 radical (unpaired) electrons. The highest BCUT2D eigenvalue weighted by Crippen LogP contribution is 2.40. The average molecular weight is 692 g/mol. The summed E-state index contributed by atoms with van der Waals surface area (Å²) in [7, 11) is 0. The molecule has 0 atom stereocenters. The number of aromatic nitrogens is 5. The van der Waals surface area contributed by atoms with Gasteiger partial charge < -0.3 is 8.98 Å². The van der Waals surface area contributed by atoms with E-state index in [1.807, 2.05) is 60.7 Å². The van der Waals surface area contributed by atoms with Crippen LogP contribution in [0.1, 0.15) is 0 Å². The molecule has 0 unspecified atom stereocenters. The van der Waals surface area contributed by atoms with E-state index in [4.69, 9.17) is 24.4 Å². The number of para-hydroxylation sites is 4. The van der Waals surface area contributed by atoms with Crippen LogP contribution in [-0.2, 0) is 0 Å². The van der Waals surface area contributed by atoms with Gasteiger partial charge in [0.2, 0.25) is 0 Å². The maximum Gasteiger partial charge on any atom is 0.164 e. The molecule has 11 aromatic rings. The van der Waals surface area contributed by atoms with Crippen LogP contribution in [0.15, 0.2) is 180 Å². The van der Waals surface area contributed by atoms with Gasteiger partial charge in [0.1, 0.15) is 11.3 Å². The molecule has 0 saturated heterocycles. The predicted octanol–water partition coefficient (Wildman–Crippen LogP) is 12.1. The zero-order valence-electron chi connectivity index (χ0n) is 28.9. The van der Waals surface area contributed by atoms with Crippen molar-refractivity contribution in [2.24, 2.45) is 0 Å². The van der Waals surface area contributed by atoms with Gasteiger partial charge in [-0.25, -0.2) is 19.9 Å². The number of furan rings is 1. The van der Waals surface area contributed by atoms with Crippen LogP contribution in [0.5, 0.6) is 0 Å². The van der Waals surface area contributed by atoms with Crippen molar-refractivity contribution in [2.45, 2.75) is 0 Å². The van der Waals surface area contributed by atoms with Gasteiger partial charge in [0, 0.05) is 54.9 Å². The Morgan fingerprint density at radius 2 is 0.926 bits per heavy atom. The summed E-state index contributed by atoms with van der Waals surface area (Å²) in [5.74, 6) is 1.81. The van der Waals surface area contributed by atoms with Crippen molar-refractivity contribution in [3.8, 4) is 51.1 Å². The van der Waals surface area contributed by atoms with Crippen molar-refractivity contribution in [2.75, 3.05) is 0 Å². The fraction of sp³-hybridized carbons (Fsp3) is 0. The van der Waals surface area contributed by atoms with Crippen LogP contribution in [-0.4, -0.2) is 24.5 Å². The fourth-order valence-electron chi connectivity index (χ4n) is 7.74.